The fourth-order valence-electron chi connectivity index (χ4n) is 2.49. The Morgan fingerprint density at radius 3 is 2.60 bits per heavy atom. The number of carboxylic acid groups (broad SMARTS) is 1. The van der Waals surface area contributed by atoms with Gasteiger partial charge in [0.2, 0.25) is 17.6 Å². The maximum absolute atomic E-state index is 11.0. The van der Waals surface area contributed by atoms with Crippen molar-refractivity contribution in [2.24, 2.45) is 0 Å². The summed E-state index contributed by atoms with van der Waals surface area (Å²) in [5.74, 6) is 1.29. The fourth-order valence-corrected chi connectivity index (χ4v) is 2.80. The van der Waals surface area contributed by atoms with Crippen LogP contribution in [0, 0.1) is 10.5 Å². The molecule has 0 saturated carbocycles. The molecule has 0 bridgehead atoms. The second-order valence-electron chi connectivity index (χ2n) is 5.61. The quantitative estimate of drug-likeness (QED) is 0.707. The van der Waals surface area contributed by atoms with Gasteiger partial charge >= 0.3 is 6.09 Å². The largest absolute Gasteiger partial charge is 0.474 e. The molecule has 0 spiro atoms. The van der Waals surface area contributed by atoms with Crippen LogP contribution in [0.2, 0.25) is 0 Å². The molecule has 0 atom stereocenters. The molecule has 9 heteroatoms. The van der Waals surface area contributed by atoms with Gasteiger partial charge in [-0.25, -0.2) is 19.7 Å². The molecule has 2 aromatic heterocycles. The normalized spacial score (nSPS) is 15.0. The third-order valence-electron chi connectivity index (χ3n) is 3.88. The molecule has 2 aromatic rings. The van der Waals surface area contributed by atoms with E-state index in [1.54, 1.807) is 12.3 Å². The molecule has 0 aromatic carbocycles. The molecule has 8 nitrogen and oxygen atoms in total. The van der Waals surface area contributed by atoms with Crippen LogP contribution in [0.25, 0.3) is 0 Å². The van der Waals surface area contributed by atoms with Gasteiger partial charge in [0.25, 0.3) is 0 Å². The molecule has 3 rings (SSSR count). The Bertz CT molecular complexity index is 748. The lowest BCUT2D eigenvalue weighted by Crippen LogP contribution is -2.41. The van der Waals surface area contributed by atoms with Gasteiger partial charge in [-0.3, -0.25) is 0 Å². The lowest BCUT2D eigenvalue weighted by molar-refractivity contribution is 0.0864. The van der Waals surface area contributed by atoms with E-state index in [9.17, 15) is 4.79 Å². The maximum atomic E-state index is 11.0. The fraction of sp³-hybridized carbons (Fsp3) is 0.375. The topological polar surface area (TPSA) is 97.7 Å². The molecule has 25 heavy (non-hydrogen) atoms. The molecule has 1 amide bonds. The number of amides is 1. The van der Waals surface area contributed by atoms with Crippen LogP contribution in [0.4, 0.5) is 4.79 Å². The molecule has 0 aliphatic carbocycles. The number of piperidine rings is 1. The standard InChI is InChI=1S/C16H17IN4O4/c1-10-14(24-12-4-6-21(7-5-12)16(22)23)19-9-20-15(10)25-13-3-2-11(17)8-18-13/h2-3,8-9,12H,4-7H2,1H3,(H,22,23). The van der Waals surface area contributed by atoms with Gasteiger partial charge in [0, 0.05) is 41.8 Å². The van der Waals surface area contributed by atoms with E-state index in [0.717, 1.165) is 3.57 Å². The van der Waals surface area contributed by atoms with Crippen molar-refractivity contribution in [3.63, 3.8) is 0 Å². The van der Waals surface area contributed by atoms with E-state index in [1.165, 1.54) is 11.2 Å². The number of nitrogens with zero attached hydrogens (tertiary/aromatic N) is 4. The van der Waals surface area contributed by atoms with Gasteiger partial charge in [0.1, 0.15) is 12.4 Å². The van der Waals surface area contributed by atoms with Crippen molar-refractivity contribution < 1.29 is 19.4 Å². The van der Waals surface area contributed by atoms with E-state index in [-0.39, 0.29) is 6.10 Å². The second-order valence-corrected chi connectivity index (χ2v) is 6.86. The first-order valence-corrected chi connectivity index (χ1v) is 8.86. The summed E-state index contributed by atoms with van der Waals surface area (Å²) >= 11 is 2.17. The Kier molecular flexibility index (Phi) is 5.51. The lowest BCUT2D eigenvalue weighted by Gasteiger charge is -2.30. The van der Waals surface area contributed by atoms with E-state index in [4.69, 9.17) is 14.6 Å². The molecule has 1 N–H and O–H groups in total. The van der Waals surface area contributed by atoms with Gasteiger partial charge in [-0.05, 0) is 35.6 Å². The van der Waals surface area contributed by atoms with Crippen molar-refractivity contribution >= 4 is 28.7 Å². The first-order chi connectivity index (χ1) is 12.0. The van der Waals surface area contributed by atoms with Crippen molar-refractivity contribution in [1.82, 2.24) is 19.9 Å². The summed E-state index contributed by atoms with van der Waals surface area (Å²) < 4.78 is 12.7. The molecule has 132 valence electrons. The van der Waals surface area contributed by atoms with Crippen LogP contribution in [0.1, 0.15) is 18.4 Å². The molecule has 1 aliphatic heterocycles. The highest BCUT2D eigenvalue weighted by Gasteiger charge is 2.24. The van der Waals surface area contributed by atoms with Gasteiger partial charge in [-0.15, -0.1) is 0 Å². The molecule has 1 fully saturated rings. The first-order valence-electron chi connectivity index (χ1n) is 7.78. The predicted molar refractivity (Wildman–Crippen MR) is 97.0 cm³/mol. The lowest BCUT2D eigenvalue weighted by atomic mass is 10.1. The number of aromatic nitrogens is 3. The number of pyridine rings is 1. The Morgan fingerprint density at radius 1 is 1.24 bits per heavy atom. The van der Waals surface area contributed by atoms with E-state index in [0.29, 0.717) is 49.1 Å². The molecule has 3 heterocycles. The predicted octanol–water partition coefficient (Wildman–Crippen LogP) is 3.10. The summed E-state index contributed by atoms with van der Waals surface area (Å²) in [6.07, 6.45) is 3.39. The monoisotopic (exact) mass is 456 g/mol. The van der Waals surface area contributed by atoms with E-state index < -0.39 is 6.09 Å². The zero-order valence-corrected chi connectivity index (χ0v) is 15.7. The Balaban J connectivity index is 1.67. The third-order valence-corrected chi connectivity index (χ3v) is 4.52. The number of hydrogen-bond donors (Lipinski definition) is 1. The minimum atomic E-state index is -0.891. The highest BCUT2D eigenvalue weighted by Crippen LogP contribution is 2.28. The van der Waals surface area contributed by atoms with Gasteiger partial charge < -0.3 is 19.5 Å². The van der Waals surface area contributed by atoms with E-state index >= 15 is 0 Å². The zero-order valence-electron chi connectivity index (χ0n) is 13.6. The highest BCUT2D eigenvalue weighted by atomic mass is 127. The van der Waals surface area contributed by atoms with Gasteiger partial charge in [0.05, 0.1) is 5.56 Å². The maximum Gasteiger partial charge on any atom is 0.407 e. The van der Waals surface area contributed by atoms with E-state index in [2.05, 4.69) is 37.5 Å². The average Bonchev–Trinajstić information content (AvgIpc) is 2.61. The van der Waals surface area contributed by atoms with E-state index in [1.807, 2.05) is 13.0 Å². The highest BCUT2D eigenvalue weighted by molar-refractivity contribution is 14.1. The van der Waals surface area contributed by atoms with Crippen molar-refractivity contribution in [3.8, 4) is 17.6 Å². The van der Waals surface area contributed by atoms with Crippen LogP contribution in [0.15, 0.2) is 24.7 Å². The average molecular weight is 456 g/mol. The van der Waals surface area contributed by atoms with Crippen LogP contribution in [-0.4, -0.2) is 50.2 Å². The summed E-state index contributed by atoms with van der Waals surface area (Å²) in [5.41, 5.74) is 0.684. The van der Waals surface area contributed by atoms with Crippen LogP contribution in [0.5, 0.6) is 17.6 Å². The van der Waals surface area contributed by atoms with Gasteiger partial charge in [-0.1, -0.05) is 0 Å². The van der Waals surface area contributed by atoms with Crippen molar-refractivity contribution in [3.05, 3.63) is 33.8 Å². The number of hydrogen-bond acceptors (Lipinski definition) is 6. The van der Waals surface area contributed by atoms with Crippen LogP contribution in [0.3, 0.4) is 0 Å². The Morgan fingerprint density at radius 2 is 1.96 bits per heavy atom. The summed E-state index contributed by atoms with van der Waals surface area (Å²) in [5, 5.41) is 8.99. The molecule has 1 aliphatic rings. The number of halogens is 1. The summed E-state index contributed by atoms with van der Waals surface area (Å²) in [6.45, 7) is 2.74. The molecular weight excluding hydrogens is 439 g/mol. The van der Waals surface area contributed by atoms with Crippen molar-refractivity contribution in [2.75, 3.05) is 13.1 Å². The minimum Gasteiger partial charge on any atom is -0.474 e. The smallest absolute Gasteiger partial charge is 0.407 e. The van der Waals surface area contributed by atoms with Crippen LogP contribution >= 0.6 is 22.6 Å². The molecule has 0 unspecified atom stereocenters. The third kappa shape index (κ3) is 4.47. The summed E-state index contributed by atoms with van der Waals surface area (Å²) in [6, 6.07) is 3.67. The SMILES string of the molecule is Cc1c(Oc2ccc(I)cn2)ncnc1OC1CCN(C(=O)O)CC1. The molecule has 1 saturated heterocycles. The number of ether oxygens (including phenoxy) is 2. The van der Waals surface area contributed by atoms with Crippen LogP contribution < -0.4 is 9.47 Å². The number of carbonyl (C=O) groups is 1. The number of likely N-dealkylation sites (tertiary alicyclic amines) is 1. The molecular formula is C16H17IN4O4. The van der Waals surface area contributed by atoms with Crippen molar-refractivity contribution in [1.29, 1.82) is 0 Å². The Hall–Kier alpha value is -2.17. The first kappa shape index (κ1) is 17.6. The summed E-state index contributed by atoms with van der Waals surface area (Å²) in [7, 11) is 0. The van der Waals surface area contributed by atoms with Crippen molar-refractivity contribution in [2.45, 2.75) is 25.9 Å². The van der Waals surface area contributed by atoms with Gasteiger partial charge in [-0.2, -0.15) is 0 Å². The number of rotatable bonds is 4. The van der Waals surface area contributed by atoms with Gasteiger partial charge in [0.15, 0.2) is 0 Å². The summed E-state index contributed by atoms with van der Waals surface area (Å²) in [4.78, 5) is 24.9. The zero-order chi connectivity index (χ0) is 17.8. The van der Waals surface area contributed by atoms with Crippen LogP contribution in [-0.2, 0) is 0 Å². The second kappa shape index (κ2) is 7.81. The Labute approximate surface area is 158 Å². The minimum absolute atomic E-state index is 0.0755. The molecule has 0 radical (unpaired) electrons.